The molecule has 1 aliphatic rings. The van der Waals surface area contributed by atoms with Gasteiger partial charge in [0.25, 0.3) is 5.91 Å². The van der Waals surface area contributed by atoms with Gasteiger partial charge in [-0.15, -0.1) is 0 Å². The van der Waals surface area contributed by atoms with Gasteiger partial charge >= 0.3 is 0 Å². The standard InChI is InChI=1S/C18H23N3O2/c1-18(2,3)16-8-9-21(10-11-23-16)17(22)15-12-19-13-6-4-5-7-14(13)20-15/h4-7,12,16H,8-11H2,1-3H3. The lowest BCUT2D eigenvalue weighted by molar-refractivity contribution is -0.00973. The van der Waals surface area contributed by atoms with E-state index in [4.69, 9.17) is 4.74 Å². The van der Waals surface area contributed by atoms with Crippen LogP contribution in [0.5, 0.6) is 0 Å². The fraction of sp³-hybridized carbons (Fsp3) is 0.500. The van der Waals surface area contributed by atoms with Crippen molar-refractivity contribution in [2.24, 2.45) is 5.41 Å². The number of hydrogen-bond donors (Lipinski definition) is 0. The van der Waals surface area contributed by atoms with Gasteiger partial charge in [0.2, 0.25) is 0 Å². The molecule has 1 fully saturated rings. The maximum Gasteiger partial charge on any atom is 0.274 e. The van der Waals surface area contributed by atoms with Gasteiger partial charge < -0.3 is 9.64 Å². The Bertz CT molecular complexity index is 709. The monoisotopic (exact) mass is 313 g/mol. The molecule has 0 spiro atoms. The minimum Gasteiger partial charge on any atom is -0.376 e. The number of benzene rings is 1. The Labute approximate surface area is 136 Å². The number of rotatable bonds is 1. The van der Waals surface area contributed by atoms with Crippen molar-refractivity contribution in [2.45, 2.75) is 33.3 Å². The average Bonchev–Trinajstić information content (AvgIpc) is 2.79. The molecule has 0 radical (unpaired) electrons. The van der Waals surface area contributed by atoms with E-state index in [2.05, 4.69) is 30.7 Å². The zero-order chi connectivity index (χ0) is 16.4. The quantitative estimate of drug-likeness (QED) is 0.812. The van der Waals surface area contributed by atoms with E-state index in [-0.39, 0.29) is 17.4 Å². The Morgan fingerprint density at radius 1 is 1.22 bits per heavy atom. The van der Waals surface area contributed by atoms with Crippen LogP contribution in [0.4, 0.5) is 0 Å². The molecular weight excluding hydrogens is 290 g/mol. The summed E-state index contributed by atoms with van der Waals surface area (Å²) in [6, 6.07) is 7.58. The van der Waals surface area contributed by atoms with Gasteiger partial charge in [0, 0.05) is 13.1 Å². The van der Waals surface area contributed by atoms with Gasteiger partial charge in [-0.3, -0.25) is 9.78 Å². The van der Waals surface area contributed by atoms with E-state index < -0.39 is 0 Å². The minimum absolute atomic E-state index is 0.0681. The van der Waals surface area contributed by atoms with Gasteiger partial charge in [0.15, 0.2) is 0 Å². The maximum absolute atomic E-state index is 12.7. The lowest BCUT2D eigenvalue weighted by Crippen LogP contribution is -2.34. The molecule has 1 aliphatic heterocycles. The van der Waals surface area contributed by atoms with E-state index in [9.17, 15) is 4.79 Å². The van der Waals surface area contributed by atoms with Crippen molar-refractivity contribution in [2.75, 3.05) is 19.7 Å². The second-order valence-corrected chi connectivity index (χ2v) is 7.05. The van der Waals surface area contributed by atoms with Crippen LogP contribution < -0.4 is 0 Å². The third-order valence-corrected chi connectivity index (χ3v) is 4.26. The minimum atomic E-state index is -0.0681. The molecular formula is C18H23N3O2. The second kappa shape index (κ2) is 6.24. The van der Waals surface area contributed by atoms with Crippen molar-refractivity contribution in [1.82, 2.24) is 14.9 Å². The molecule has 5 nitrogen and oxygen atoms in total. The molecule has 23 heavy (non-hydrogen) atoms. The van der Waals surface area contributed by atoms with Crippen LogP contribution in [0.2, 0.25) is 0 Å². The second-order valence-electron chi connectivity index (χ2n) is 7.05. The third kappa shape index (κ3) is 3.50. The first-order chi connectivity index (χ1) is 10.9. The third-order valence-electron chi connectivity index (χ3n) is 4.26. The van der Waals surface area contributed by atoms with Crippen LogP contribution in [0.3, 0.4) is 0 Å². The van der Waals surface area contributed by atoms with E-state index in [0.29, 0.717) is 25.4 Å². The fourth-order valence-electron chi connectivity index (χ4n) is 2.88. The molecule has 1 amide bonds. The summed E-state index contributed by atoms with van der Waals surface area (Å²) < 4.78 is 5.92. The Kier molecular flexibility index (Phi) is 4.31. The summed E-state index contributed by atoms with van der Waals surface area (Å²) in [5.74, 6) is -0.0681. The fourth-order valence-corrected chi connectivity index (χ4v) is 2.88. The summed E-state index contributed by atoms with van der Waals surface area (Å²) >= 11 is 0. The number of carbonyl (C=O) groups is 1. The molecule has 2 heterocycles. The summed E-state index contributed by atoms with van der Waals surface area (Å²) in [5.41, 5.74) is 2.04. The predicted molar refractivity (Wildman–Crippen MR) is 89.3 cm³/mol. The van der Waals surface area contributed by atoms with Gasteiger partial charge in [0.05, 0.1) is 29.9 Å². The SMILES string of the molecule is CC(C)(C)C1CCN(C(=O)c2cnc3ccccc3n2)CCO1. The van der Waals surface area contributed by atoms with Crippen LogP contribution in [-0.4, -0.2) is 46.6 Å². The van der Waals surface area contributed by atoms with Gasteiger partial charge in [-0.2, -0.15) is 0 Å². The molecule has 0 aliphatic carbocycles. The number of fused-ring (bicyclic) bond motifs is 1. The zero-order valence-corrected chi connectivity index (χ0v) is 14.0. The van der Waals surface area contributed by atoms with Crippen molar-refractivity contribution in [1.29, 1.82) is 0 Å². The molecule has 0 bridgehead atoms. The number of amides is 1. The van der Waals surface area contributed by atoms with Gasteiger partial charge in [-0.05, 0) is 24.0 Å². The molecule has 1 saturated heterocycles. The van der Waals surface area contributed by atoms with Crippen molar-refractivity contribution in [3.63, 3.8) is 0 Å². The lowest BCUT2D eigenvalue weighted by Gasteiger charge is -2.29. The molecule has 1 atom stereocenters. The van der Waals surface area contributed by atoms with Gasteiger partial charge in [0.1, 0.15) is 5.69 Å². The molecule has 0 saturated carbocycles. The largest absolute Gasteiger partial charge is 0.376 e. The summed E-state index contributed by atoms with van der Waals surface area (Å²) in [7, 11) is 0. The normalized spacial score (nSPS) is 19.6. The maximum atomic E-state index is 12.7. The van der Waals surface area contributed by atoms with Crippen molar-refractivity contribution in [3.8, 4) is 0 Å². The van der Waals surface area contributed by atoms with Crippen LogP contribution in [0.15, 0.2) is 30.5 Å². The summed E-state index contributed by atoms with van der Waals surface area (Å²) in [6.07, 6.45) is 2.58. The lowest BCUT2D eigenvalue weighted by atomic mass is 9.87. The van der Waals surface area contributed by atoms with E-state index in [1.165, 1.54) is 0 Å². The number of carbonyl (C=O) groups excluding carboxylic acids is 1. The van der Waals surface area contributed by atoms with Crippen molar-refractivity contribution in [3.05, 3.63) is 36.2 Å². The summed E-state index contributed by atoms with van der Waals surface area (Å²) in [5, 5.41) is 0. The molecule has 1 unspecified atom stereocenters. The molecule has 2 aromatic rings. The van der Waals surface area contributed by atoms with Crippen LogP contribution in [-0.2, 0) is 4.74 Å². The number of para-hydroxylation sites is 2. The smallest absolute Gasteiger partial charge is 0.274 e. The number of nitrogens with zero attached hydrogens (tertiary/aromatic N) is 3. The Balaban J connectivity index is 1.76. The summed E-state index contributed by atoms with van der Waals surface area (Å²) in [6.45, 7) is 8.36. The molecule has 3 rings (SSSR count). The van der Waals surface area contributed by atoms with E-state index in [1.54, 1.807) is 6.20 Å². The van der Waals surface area contributed by atoms with Crippen LogP contribution in [0.1, 0.15) is 37.7 Å². The molecule has 0 N–H and O–H groups in total. The predicted octanol–water partition coefficient (Wildman–Crippen LogP) is 2.91. The molecule has 122 valence electrons. The number of aromatic nitrogens is 2. The summed E-state index contributed by atoms with van der Waals surface area (Å²) in [4.78, 5) is 23.3. The highest BCUT2D eigenvalue weighted by Crippen LogP contribution is 2.26. The Morgan fingerprint density at radius 2 is 1.96 bits per heavy atom. The zero-order valence-electron chi connectivity index (χ0n) is 14.0. The highest BCUT2D eigenvalue weighted by atomic mass is 16.5. The molecule has 1 aromatic heterocycles. The van der Waals surface area contributed by atoms with Gasteiger partial charge in [-0.1, -0.05) is 32.9 Å². The average molecular weight is 313 g/mol. The molecule has 5 heteroatoms. The van der Waals surface area contributed by atoms with Crippen molar-refractivity contribution >= 4 is 16.9 Å². The van der Waals surface area contributed by atoms with E-state index in [0.717, 1.165) is 17.5 Å². The van der Waals surface area contributed by atoms with Gasteiger partial charge in [-0.25, -0.2) is 4.98 Å². The van der Waals surface area contributed by atoms with E-state index >= 15 is 0 Å². The van der Waals surface area contributed by atoms with E-state index in [1.807, 2.05) is 29.2 Å². The molecule has 1 aromatic carbocycles. The Hall–Kier alpha value is -2.01. The first-order valence-electron chi connectivity index (χ1n) is 8.08. The van der Waals surface area contributed by atoms with Crippen LogP contribution >= 0.6 is 0 Å². The Morgan fingerprint density at radius 3 is 2.70 bits per heavy atom. The first kappa shape index (κ1) is 15.9. The van der Waals surface area contributed by atoms with Crippen molar-refractivity contribution < 1.29 is 9.53 Å². The topological polar surface area (TPSA) is 55.3 Å². The highest BCUT2D eigenvalue weighted by Gasteiger charge is 2.30. The van der Waals surface area contributed by atoms with Crippen LogP contribution in [0, 0.1) is 5.41 Å². The first-order valence-corrected chi connectivity index (χ1v) is 8.08. The van der Waals surface area contributed by atoms with Crippen LogP contribution in [0.25, 0.3) is 11.0 Å². The highest BCUT2D eigenvalue weighted by molar-refractivity contribution is 5.93. The number of hydrogen-bond acceptors (Lipinski definition) is 4. The number of ether oxygens (including phenoxy) is 1.